The summed E-state index contributed by atoms with van der Waals surface area (Å²) < 4.78 is 37.7. The molecular formula is C14H17F3N2O3. The summed E-state index contributed by atoms with van der Waals surface area (Å²) >= 11 is 0. The third kappa shape index (κ3) is 4.94. The van der Waals surface area contributed by atoms with Crippen LogP contribution >= 0.6 is 0 Å². The van der Waals surface area contributed by atoms with Crippen molar-refractivity contribution in [3.8, 4) is 0 Å². The van der Waals surface area contributed by atoms with Crippen molar-refractivity contribution >= 4 is 17.7 Å². The number of carbonyl (C=O) groups is 2. The van der Waals surface area contributed by atoms with Crippen LogP contribution in [0.3, 0.4) is 0 Å². The summed E-state index contributed by atoms with van der Waals surface area (Å²) in [7, 11) is 0. The van der Waals surface area contributed by atoms with Gasteiger partial charge in [0.15, 0.2) is 0 Å². The van der Waals surface area contributed by atoms with Crippen LogP contribution in [0.4, 0.5) is 23.7 Å². The molecule has 2 atom stereocenters. The van der Waals surface area contributed by atoms with Gasteiger partial charge in [-0.1, -0.05) is 26.3 Å². The first-order valence-corrected chi connectivity index (χ1v) is 6.62. The van der Waals surface area contributed by atoms with Crippen LogP contribution in [0.25, 0.3) is 0 Å². The second-order valence-electron chi connectivity index (χ2n) is 4.88. The first kappa shape index (κ1) is 17.8. The number of amides is 2. The van der Waals surface area contributed by atoms with Gasteiger partial charge in [-0.05, 0) is 24.1 Å². The fourth-order valence-electron chi connectivity index (χ4n) is 1.76. The number of hydrogen-bond acceptors (Lipinski definition) is 2. The molecular weight excluding hydrogens is 301 g/mol. The first-order chi connectivity index (χ1) is 10.1. The summed E-state index contributed by atoms with van der Waals surface area (Å²) in [5.41, 5.74) is -0.970. The number of carboxylic acids is 1. The zero-order chi connectivity index (χ0) is 16.9. The van der Waals surface area contributed by atoms with Crippen LogP contribution in [-0.4, -0.2) is 23.1 Å². The molecule has 0 fully saturated rings. The van der Waals surface area contributed by atoms with E-state index in [0.717, 1.165) is 18.2 Å². The Hall–Kier alpha value is -2.25. The Morgan fingerprint density at radius 3 is 2.45 bits per heavy atom. The summed E-state index contributed by atoms with van der Waals surface area (Å²) in [6, 6.07) is 2.11. The van der Waals surface area contributed by atoms with Crippen LogP contribution in [0, 0.1) is 5.92 Å². The van der Waals surface area contributed by atoms with Crippen LogP contribution in [-0.2, 0) is 11.0 Å². The summed E-state index contributed by atoms with van der Waals surface area (Å²) in [6.45, 7) is 3.43. The molecule has 0 bridgehead atoms. The van der Waals surface area contributed by atoms with Crippen LogP contribution in [0.1, 0.15) is 25.8 Å². The van der Waals surface area contributed by atoms with Crippen LogP contribution < -0.4 is 10.6 Å². The molecule has 0 saturated carbocycles. The van der Waals surface area contributed by atoms with Crippen molar-refractivity contribution in [1.29, 1.82) is 0 Å². The van der Waals surface area contributed by atoms with Crippen molar-refractivity contribution in [3.63, 3.8) is 0 Å². The minimum absolute atomic E-state index is 0.0689. The lowest BCUT2D eigenvalue weighted by atomic mass is 9.99. The Labute approximate surface area is 125 Å². The average molecular weight is 318 g/mol. The van der Waals surface area contributed by atoms with E-state index in [0.29, 0.717) is 6.42 Å². The minimum atomic E-state index is -4.52. The number of carbonyl (C=O) groups excluding carboxylic acids is 1. The summed E-state index contributed by atoms with van der Waals surface area (Å²) in [4.78, 5) is 22.8. The number of rotatable bonds is 5. The normalized spacial score (nSPS) is 14.0. The Morgan fingerprint density at radius 1 is 1.32 bits per heavy atom. The molecule has 1 rings (SSSR count). The standard InChI is InChI=1S/C14H17F3N2O3/c1-3-8(2)11(12(20)21)19-13(22)18-10-6-4-5-9(7-10)14(15,16)17/h4-8,11H,3H2,1-2H3,(H,20,21)(H2,18,19,22)/t8?,11-/m0/s1. The van der Waals surface area contributed by atoms with Gasteiger partial charge in [0, 0.05) is 5.69 Å². The molecule has 0 radical (unpaired) electrons. The van der Waals surface area contributed by atoms with Gasteiger partial charge in [0.2, 0.25) is 0 Å². The summed E-state index contributed by atoms with van der Waals surface area (Å²) in [6.07, 6.45) is -3.99. The van der Waals surface area contributed by atoms with E-state index in [4.69, 9.17) is 5.11 Å². The highest BCUT2D eigenvalue weighted by molar-refractivity contribution is 5.92. The Balaban J connectivity index is 2.78. The van der Waals surface area contributed by atoms with E-state index in [1.54, 1.807) is 13.8 Å². The summed E-state index contributed by atoms with van der Waals surface area (Å²) in [5, 5.41) is 13.5. The lowest BCUT2D eigenvalue weighted by Crippen LogP contribution is -2.46. The Kier molecular flexibility index (Phi) is 5.78. The summed E-state index contributed by atoms with van der Waals surface area (Å²) in [5.74, 6) is -1.52. The monoisotopic (exact) mass is 318 g/mol. The number of carboxylic acid groups (broad SMARTS) is 1. The molecule has 22 heavy (non-hydrogen) atoms. The van der Waals surface area contributed by atoms with Crippen molar-refractivity contribution in [1.82, 2.24) is 5.32 Å². The number of aliphatic carboxylic acids is 1. The minimum Gasteiger partial charge on any atom is -0.480 e. The van der Waals surface area contributed by atoms with Crippen LogP contribution in [0.2, 0.25) is 0 Å². The molecule has 0 aromatic heterocycles. The van der Waals surface area contributed by atoms with E-state index in [1.165, 1.54) is 6.07 Å². The van der Waals surface area contributed by atoms with E-state index >= 15 is 0 Å². The fourth-order valence-corrected chi connectivity index (χ4v) is 1.76. The predicted octanol–water partition coefficient (Wildman–Crippen LogP) is 3.33. The van der Waals surface area contributed by atoms with Gasteiger partial charge in [0.05, 0.1) is 5.56 Å². The molecule has 5 nitrogen and oxygen atoms in total. The Bertz CT molecular complexity index is 546. The van der Waals surface area contributed by atoms with Crippen molar-refractivity contribution in [2.75, 3.05) is 5.32 Å². The molecule has 8 heteroatoms. The molecule has 0 aliphatic carbocycles. The lowest BCUT2D eigenvalue weighted by Gasteiger charge is -2.20. The molecule has 122 valence electrons. The van der Waals surface area contributed by atoms with Gasteiger partial charge in [-0.15, -0.1) is 0 Å². The zero-order valence-corrected chi connectivity index (χ0v) is 12.1. The van der Waals surface area contributed by atoms with Crippen LogP contribution in [0.5, 0.6) is 0 Å². The zero-order valence-electron chi connectivity index (χ0n) is 12.1. The molecule has 2 amide bonds. The molecule has 1 unspecified atom stereocenters. The van der Waals surface area contributed by atoms with Crippen LogP contribution in [0.15, 0.2) is 24.3 Å². The fraction of sp³-hybridized carbons (Fsp3) is 0.429. The Morgan fingerprint density at radius 2 is 1.95 bits per heavy atom. The van der Waals surface area contributed by atoms with Gasteiger partial charge < -0.3 is 15.7 Å². The number of halogens is 3. The predicted molar refractivity (Wildman–Crippen MR) is 74.5 cm³/mol. The van der Waals surface area contributed by atoms with Crippen molar-refractivity contribution in [2.24, 2.45) is 5.92 Å². The highest BCUT2D eigenvalue weighted by Gasteiger charge is 2.30. The molecule has 3 N–H and O–H groups in total. The van der Waals surface area contributed by atoms with Gasteiger partial charge in [0.1, 0.15) is 6.04 Å². The molecule has 1 aromatic rings. The number of benzene rings is 1. The van der Waals surface area contributed by atoms with E-state index in [-0.39, 0.29) is 11.6 Å². The van der Waals surface area contributed by atoms with Gasteiger partial charge in [-0.25, -0.2) is 9.59 Å². The quantitative estimate of drug-likeness (QED) is 0.779. The smallest absolute Gasteiger partial charge is 0.416 e. The van der Waals surface area contributed by atoms with Gasteiger partial charge >= 0.3 is 18.2 Å². The number of urea groups is 1. The third-order valence-electron chi connectivity index (χ3n) is 3.21. The molecule has 0 spiro atoms. The SMILES string of the molecule is CCC(C)[C@H](NC(=O)Nc1cccc(C(F)(F)F)c1)C(=O)O. The van der Waals surface area contributed by atoms with E-state index in [9.17, 15) is 22.8 Å². The van der Waals surface area contributed by atoms with Gasteiger partial charge in [-0.2, -0.15) is 13.2 Å². The first-order valence-electron chi connectivity index (χ1n) is 6.62. The van der Waals surface area contributed by atoms with E-state index in [2.05, 4.69) is 10.6 Å². The highest BCUT2D eigenvalue weighted by Crippen LogP contribution is 2.30. The number of anilines is 1. The molecule has 0 saturated heterocycles. The second-order valence-corrected chi connectivity index (χ2v) is 4.88. The molecule has 0 heterocycles. The van der Waals surface area contributed by atoms with E-state index in [1.807, 2.05) is 0 Å². The van der Waals surface area contributed by atoms with Crippen molar-refractivity contribution < 1.29 is 27.9 Å². The molecule has 0 aliphatic heterocycles. The maximum Gasteiger partial charge on any atom is 0.416 e. The molecule has 0 aliphatic rings. The second kappa shape index (κ2) is 7.15. The highest BCUT2D eigenvalue weighted by atomic mass is 19.4. The maximum absolute atomic E-state index is 12.6. The number of nitrogens with one attached hydrogen (secondary N) is 2. The van der Waals surface area contributed by atoms with Gasteiger partial charge in [-0.3, -0.25) is 0 Å². The van der Waals surface area contributed by atoms with E-state index < -0.39 is 29.8 Å². The third-order valence-corrected chi connectivity index (χ3v) is 3.21. The topological polar surface area (TPSA) is 78.4 Å². The van der Waals surface area contributed by atoms with Crippen molar-refractivity contribution in [2.45, 2.75) is 32.5 Å². The largest absolute Gasteiger partial charge is 0.480 e. The van der Waals surface area contributed by atoms with Gasteiger partial charge in [0.25, 0.3) is 0 Å². The molecule has 1 aromatic carbocycles. The average Bonchev–Trinajstić information content (AvgIpc) is 2.43. The lowest BCUT2D eigenvalue weighted by molar-refractivity contribution is -0.140. The number of alkyl halides is 3. The van der Waals surface area contributed by atoms with Crippen molar-refractivity contribution in [3.05, 3.63) is 29.8 Å². The maximum atomic E-state index is 12.6. The number of hydrogen-bond donors (Lipinski definition) is 3.